The van der Waals surface area contributed by atoms with E-state index in [-0.39, 0.29) is 25.8 Å². The third-order valence-corrected chi connectivity index (χ3v) is 3.95. The number of hydrogen-bond acceptors (Lipinski definition) is 5. The maximum absolute atomic E-state index is 13.0. The maximum atomic E-state index is 13.0. The second-order valence-electron chi connectivity index (χ2n) is 6.33. The van der Waals surface area contributed by atoms with E-state index in [9.17, 15) is 23.6 Å². The lowest BCUT2D eigenvalue weighted by Gasteiger charge is -2.22. The van der Waals surface area contributed by atoms with Crippen molar-refractivity contribution in [3.63, 3.8) is 0 Å². The lowest BCUT2D eigenvalue weighted by atomic mass is 10.1. The molecule has 29 heavy (non-hydrogen) atoms. The average Bonchev–Trinajstić information content (AvgIpc) is 2.69. The molecule has 8 nitrogen and oxygen atoms in total. The van der Waals surface area contributed by atoms with E-state index >= 15 is 0 Å². The van der Waals surface area contributed by atoms with Gasteiger partial charge in [-0.25, -0.2) is 4.39 Å². The van der Waals surface area contributed by atoms with Crippen molar-refractivity contribution in [3.8, 4) is 0 Å². The second kappa shape index (κ2) is 12.2. The minimum absolute atomic E-state index is 0.0178. The van der Waals surface area contributed by atoms with Crippen LogP contribution in [-0.2, 0) is 25.7 Å². The molecule has 3 amide bonds. The SMILES string of the molecule is C=CC[C@H](NC(C)=O)C(=O)N[C@@H](CCC(=O)C=N)C(=O)NCc1ccc(F)cc1. The summed E-state index contributed by atoms with van der Waals surface area (Å²) < 4.78 is 13.0. The fourth-order valence-electron chi connectivity index (χ4n) is 2.46. The van der Waals surface area contributed by atoms with Crippen molar-refractivity contribution in [1.82, 2.24) is 16.0 Å². The molecule has 2 atom stereocenters. The van der Waals surface area contributed by atoms with E-state index in [4.69, 9.17) is 5.41 Å². The van der Waals surface area contributed by atoms with Crippen LogP contribution >= 0.6 is 0 Å². The Hall–Kier alpha value is -3.36. The van der Waals surface area contributed by atoms with Crippen LogP contribution in [0.2, 0.25) is 0 Å². The van der Waals surface area contributed by atoms with Gasteiger partial charge in [0, 0.05) is 19.9 Å². The van der Waals surface area contributed by atoms with E-state index in [1.807, 2.05) is 0 Å². The van der Waals surface area contributed by atoms with E-state index in [1.54, 1.807) is 0 Å². The summed E-state index contributed by atoms with van der Waals surface area (Å²) in [7, 11) is 0. The number of carbonyl (C=O) groups is 4. The van der Waals surface area contributed by atoms with Gasteiger partial charge in [0.1, 0.15) is 17.9 Å². The fraction of sp³-hybridized carbons (Fsp3) is 0.350. The van der Waals surface area contributed by atoms with E-state index in [2.05, 4.69) is 22.5 Å². The topological polar surface area (TPSA) is 128 Å². The first-order valence-corrected chi connectivity index (χ1v) is 9.00. The highest BCUT2D eigenvalue weighted by Crippen LogP contribution is 2.05. The van der Waals surface area contributed by atoms with Gasteiger partial charge in [0.05, 0.1) is 6.21 Å². The zero-order valence-electron chi connectivity index (χ0n) is 16.2. The van der Waals surface area contributed by atoms with Crippen LogP contribution in [0.15, 0.2) is 36.9 Å². The van der Waals surface area contributed by atoms with E-state index in [1.165, 1.54) is 37.3 Å². The van der Waals surface area contributed by atoms with Crippen LogP contribution in [0.4, 0.5) is 4.39 Å². The van der Waals surface area contributed by atoms with Crippen molar-refractivity contribution in [2.45, 2.75) is 44.8 Å². The second-order valence-corrected chi connectivity index (χ2v) is 6.33. The highest BCUT2D eigenvalue weighted by atomic mass is 19.1. The summed E-state index contributed by atoms with van der Waals surface area (Å²) in [6.45, 7) is 4.90. The van der Waals surface area contributed by atoms with Crippen molar-refractivity contribution in [3.05, 3.63) is 48.3 Å². The molecule has 4 N–H and O–H groups in total. The van der Waals surface area contributed by atoms with E-state index < -0.39 is 41.4 Å². The van der Waals surface area contributed by atoms with Gasteiger partial charge < -0.3 is 21.4 Å². The molecular weight excluding hydrogens is 379 g/mol. The van der Waals surface area contributed by atoms with Crippen molar-refractivity contribution >= 4 is 29.7 Å². The normalized spacial score (nSPS) is 12.2. The number of halogens is 1. The Morgan fingerprint density at radius 2 is 1.76 bits per heavy atom. The van der Waals surface area contributed by atoms with Crippen molar-refractivity contribution in [2.24, 2.45) is 0 Å². The van der Waals surface area contributed by atoms with Gasteiger partial charge in [-0.05, 0) is 30.5 Å². The van der Waals surface area contributed by atoms with Crippen LogP contribution in [0.1, 0.15) is 31.7 Å². The third-order valence-electron chi connectivity index (χ3n) is 3.95. The van der Waals surface area contributed by atoms with Gasteiger partial charge in [-0.2, -0.15) is 0 Å². The molecule has 0 bridgehead atoms. The molecule has 1 aromatic rings. The van der Waals surface area contributed by atoms with Crippen molar-refractivity contribution in [1.29, 1.82) is 5.41 Å². The minimum Gasteiger partial charge on any atom is -0.350 e. The number of Topliss-reactive ketones (excluding diaryl/α,β-unsaturated/α-hetero) is 1. The number of amides is 3. The number of carbonyl (C=O) groups excluding carboxylic acids is 4. The largest absolute Gasteiger partial charge is 0.350 e. The molecule has 1 rings (SSSR count). The Morgan fingerprint density at radius 3 is 2.31 bits per heavy atom. The summed E-state index contributed by atoms with van der Waals surface area (Å²) in [5, 5.41) is 14.6. The molecule has 0 spiro atoms. The molecule has 0 fully saturated rings. The summed E-state index contributed by atoms with van der Waals surface area (Å²) in [4.78, 5) is 47.7. The van der Waals surface area contributed by atoms with Gasteiger partial charge in [-0.15, -0.1) is 6.58 Å². The molecule has 0 saturated carbocycles. The molecule has 1 aromatic carbocycles. The Kier molecular flexibility index (Phi) is 9.94. The van der Waals surface area contributed by atoms with Crippen molar-refractivity contribution < 1.29 is 23.6 Å². The maximum Gasteiger partial charge on any atom is 0.243 e. The van der Waals surface area contributed by atoms with E-state index in [0.717, 1.165) is 0 Å². The predicted octanol–water partition coefficient (Wildman–Crippen LogP) is 1.01. The molecule has 0 radical (unpaired) electrons. The number of ketones is 1. The number of rotatable bonds is 12. The summed E-state index contributed by atoms with van der Waals surface area (Å²) in [5.41, 5.74) is 0.656. The predicted molar refractivity (Wildman–Crippen MR) is 106 cm³/mol. The van der Waals surface area contributed by atoms with Crippen LogP contribution in [0, 0.1) is 11.2 Å². The standard InChI is InChI=1S/C20H25FN4O4/c1-3-4-17(24-13(2)26)20(29)25-18(10-9-16(27)11-22)19(28)23-12-14-5-7-15(21)8-6-14/h3,5-8,11,17-18,22H,1,4,9-10,12H2,2H3,(H,23,28)(H,24,26)(H,25,29)/t17-,18-/m0/s1. The first-order chi connectivity index (χ1) is 13.8. The number of nitrogens with one attached hydrogen (secondary N) is 4. The molecule has 0 unspecified atom stereocenters. The van der Waals surface area contributed by atoms with Gasteiger partial charge in [0.15, 0.2) is 5.78 Å². The monoisotopic (exact) mass is 404 g/mol. The highest BCUT2D eigenvalue weighted by molar-refractivity contribution is 6.26. The van der Waals surface area contributed by atoms with Crippen LogP contribution in [-0.4, -0.2) is 41.8 Å². The van der Waals surface area contributed by atoms with Crippen molar-refractivity contribution in [2.75, 3.05) is 0 Å². The Bertz CT molecular complexity index is 764. The minimum atomic E-state index is -1.05. The first kappa shape index (κ1) is 23.7. The quantitative estimate of drug-likeness (QED) is 0.306. The van der Waals surface area contributed by atoms with Gasteiger partial charge in [0.2, 0.25) is 17.7 Å². The Labute approximate surface area is 168 Å². The molecule has 0 heterocycles. The van der Waals surface area contributed by atoms with Crippen LogP contribution < -0.4 is 16.0 Å². The molecular formula is C20H25FN4O4. The van der Waals surface area contributed by atoms with Crippen LogP contribution in [0.3, 0.4) is 0 Å². The molecule has 0 aliphatic rings. The molecule has 0 aromatic heterocycles. The smallest absolute Gasteiger partial charge is 0.243 e. The zero-order chi connectivity index (χ0) is 21.8. The third kappa shape index (κ3) is 8.91. The number of hydrogen-bond donors (Lipinski definition) is 4. The van der Waals surface area contributed by atoms with Gasteiger partial charge in [0.25, 0.3) is 0 Å². The van der Waals surface area contributed by atoms with Gasteiger partial charge >= 0.3 is 0 Å². The Morgan fingerprint density at radius 1 is 1.10 bits per heavy atom. The Balaban J connectivity index is 2.82. The highest BCUT2D eigenvalue weighted by Gasteiger charge is 2.25. The first-order valence-electron chi connectivity index (χ1n) is 9.00. The van der Waals surface area contributed by atoms with Crippen LogP contribution in [0.25, 0.3) is 0 Å². The zero-order valence-corrected chi connectivity index (χ0v) is 16.2. The summed E-state index contributed by atoms with van der Waals surface area (Å²) >= 11 is 0. The summed E-state index contributed by atoms with van der Waals surface area (Å²) in [6.07, 6.45) is 2.14. The number of benzene rings is 1. The summed E-state index contributed by atoms with van der Waals surface area (Å²) in [6, 6.07) is 3.59. The fourth-order valence-corrected chi connectivity index (χ4v) is 2.46. The lowest BCUT2D eigenvalue weighted by molar-refractivity contribution is -0.132. The molecule has 0 aliphatic heterocycles. The average molecular weight is 404 g/mol. The molecule has 0 saturated heterocycles. The van der Waals surface area contributed by atoms with Crippen LogP contribution in [0.5, 0.6) is 0 Å². The van der Waals surface area contributed by atoms with Gasteiger partial charge in [-0.1, -0.05) is 18.2 Å². The molecule has 156 valence electrons. The summed E-state index contributed by atoms with van der Waals surface area (Å²) in [5.74, 6) is -2.44. The lowest BCUT2D eigenvalue weighted by Crippen LogP contribution is -2.53. The molecule has 9 heteroatoms. The van der Waals surface area contributed by atoms with Gasteiger partial charge in [-0.3, -0.25) is 19.2 Å². The molecule has 0 aliphatic carbocycles. The van der Waals surface area contributed by atoms with E-state index in [0.29, 0.717) is 11.8 Å².